The molecule has 0 saturated carbocycles. The van der Waals surface area contributed by atoms with Crippen molar-refractivity contribution in [3.05, 3.63) is 352 Å². The molecule has 0 aliphatic rings. The highest BCUT2D eigenvalue weighted by Gasteiger charge is 2.21. The van der Waals surface area contributed by atoms with Gasteiger partial charge >= 0.3 is 0 Å². The molecule has 0 unspecified atom stereocenters. The number of benzene rings is 12. The quantitative estimate of drug-likeness (QED) is 0.0794. The van der Waals surface area contributed by atoms with Crippen LogP contribution in [0.1, 0.15) is 13.8 Å². The van der Waals surface area contributed by atoms with Gasteiger partial charge in [-0.1, -0.05) is 202 Å². The highest BCUT2D eigenvalue weighted by atomic mass is 15.2. The maximum absolute atomic E-state index is 4.25. The number of allylic oxidation sites excluding steroid dienone is 8. The van der Waals surface area contributed by atoms with Gasteiger partial charge in [-0.2, -0.15) is 0 Å². The van der Waals surface area contributed by atoms with Crippen molar-refractivity contribution in [1.29, 1.82) is 0 Å². The molecule has 0 aliphatic heterocycles. The molecule has 0 saturated heterocycles. The Hall–Kier alpha value is -10.9. The Labute approximate surface area is 494 Å². The lowest BCUT2D eigenvalue weighted by molar-refractivity contribution is 1.19. The standard InChI is InChI=1S/C80H64N4/c1-7-57(5)53-67(9-3)81(75-43-37-59-21-11-13-25-65(59)55-75)69-45-49-73(50-46-69)83(79-31-19-27-63-23-15-17-29-77(63)79)71-39-33-61(34-40-71)62-35-41-72(42-36-62)84(80-32-20-28-64-24-16-18-30-78(64)80)74-51-47-70(48-52-74)82(68(10-4)54-58(6)8-2)76-44-38-60-22-12-14-26-66(60)56-76/h7-56H,1-3,5H2,4,6H3/b58-54+,67-53+,68-10+. The van der Waals surface area contributed by atoms with E-state index in [4.69, 9.17) is 0 Å². The summed E-state index contributed by atoms with van der Waals surface area (Å²) in [6.45, 7) is 20.7. The van der Waals surface area contributed by atoms with Gasteiger partial charge in [0.1, 0.15) is 0 Å². The second-order valence-electron chi connectivity index (χ2n) is 20.9. The van der Waals surface area contributed by atoms with E-state index in [-0.39, 0.29) is 0 Å². The third kappa shape index (κ3) is 10.9. The Balaban J connectivity index is 0.900. The molecule has 0 radical (unpaired) electrons. The van der Waals surface area contributed by atoms with Crippen molar-refractivity contribution in [2.75, 3.05) is 19.6 Å². The van der Waals surface area contributed by atoms with E-state index in [1.165, 1.54) is 32.3 Å². The van der Waals surface area contributed by atoms with Gasteiger partial charge in [-0.05, 0) is 196 Å². The molecule has 404 valence electrons. The molecule has 0 atom stereocenters. The number of anilines is 10. The lowest BCUT2D eigenvalue weighted by atomic mass is 10.0. The Kier molecular flexibility index (Phi) is 15.4. The van der Waals surface area contributed by atoms with Crippen molar-refractivity contribution >= 4 is 100.0 Å². The first-order valence-corrected chi connectivity index (χ1v) is 28.5. The molecule has 0 heterocycles. The molecule has 4 nitrogen and oxygen atoms in total. The van der Waals surface area contributed by atoms with Crippen LogP contribution in [0, 0.1) is 0 Å². The molecule has 84 heavy (non-hydrogen) atoms. The van der Waals surface area contributed by atoms with Crippen LogP contribution >= 0.6 is 0 Å². The third-order valence-electron chi connectivity index (χ3n) is 15.6. The first kappa shape index (κ1) is 53.7. The van der Waals surface area contributed by atoms with Crippen molar-refractivity contribution in [1.82, 2.24) is 0 Å². The zero-order chi connectivity index (χ0) is 57.5. The molecule has 0 N–H and O–H groups in total. The first-order chi connectivity index (χ1) is 41.3. The van der Waals surface area contributed by atoms with E-state index < -0.39 is 0 Å². The maximum Gasteiger partial charge on any atom is 0.0540 e. The van der Waals surface area contributed by atoms with E-state index in [1.807, 2.05) is 18.2 Å². The number of fused-ring (bicyclic) bond motifs is 4. The van der Waals surface area contributed by atoms with Crippen LogP contribution in [0.5, 0.6) is 0 Å². The normalized spacial score (nSPS) is 11.9. The molecule has 0 spiro atoms. The lowest BCUT2D eigenvalue weighted by Crippen LogP contribution is -2.16. The van der Waals surface area contributed by atoms with Gasteiger partial charge in [0, 0.05) is 67.7 Å². The Bertz CT molecular complexity index is 4510. The summed E-state index contributed by atoms with van der Waals surface area (Å²) in [5.41, 5.74) is 16.5. The summed E-state index contributed by atoms with van der Waals surface area (Å²) < 4.78 is 0. The van der Waals surface area contributed by atoms with Gasteiger partial charge in [-0.3, -0.25) is 0 Å². The zero-order valence-electron chi connectivity index (χ0n) is 47.5. The van der Waals surface area contributed by atoms with E-state index in [0.717, 1.165) is 101 Å². The molecular formula is C80H64N4. The average Bonchev–Trinajstić information content (AvgIpc) is 3.73. The fourth-order valence-corrected chi connectivity index (χ4v) is 11.3. The minimum absolute atomic E-state index is 0.797. The molecule has 4 heteroatoms. The fourth-order valence-electron chi connectivity index (χ4n) is 11.3. The van der Waals surface area contributed by atoms with Crippen LogP contribution in [0.2, 0.25) is 0 Å². The van der Waals surface area contributed by atoms with Gasteiger partial charge in [0.25, 0.3) is 0 Å². The molecular weight excluding hydrogens is 1020 g/mol. The number of hydrogen-bond donors (Lipinski definition) is 0. The van der Waals surface area contributed by atoms with Crippen molar-refractivity contribution in [3.8, 4) is 11.1 Å². The highest BCUT2D eigenvalue weighted by molar-refractivity contribution is 6.01. The lowest BCUT2D eigenvalue weighted by Gasteiger charge is -2.30. The van der Waals surface area contributed by atoms with Gasteiger partial charge in [0.2, 0.25) is 0 Å². The molecule has 0 bridgehead atoms. The summed E-state index contributed by atoms with van der Waals surface area (Å²) in [6, 6.07) is 96.1. The molecule has 12 rings (SSSR count). The van der Waals surface area contributed by atoms with Crippen molar-refractivity contribution in [2.24, 2.45) is 0 Å². The second kappa shape index (κ2) is 24.0. The number of rotatable bonds is 18. The van der Waals surface area contributed by atoms with E-state index in [0.29, 0.717) is 0 Å². The second-order valence-corrected chi connectivity index (χ2v) is 20.9. The minimum atomic E-state index is 0.797. The summed E-state index contributed by atoms with van der Waals surface area (Å²) in [5.74, 6) is 0. The third-order valence-corrected chi connectivity index (χ3v) is 15.6. The van der Waals surface area contributed by atoms with Gasteiger partial charge in [-0.25, -0.2) is 0 Å². The Morgan fingerprint density at radius 2 is 0.679 bits per heavy atom. The molecule has 0 fully saturated rings. The fraction of sp³-hybridized carbons (Fsp3) is 0.0250. The Morgan fingerprint density at radius 3 is 1.08 bits per heavy atom. The molecule has 12 aromatic carbocycles. The summed E-state index contributed by atoms with van der Waals surface area (Å²) >= 11 is 0. The zero-order valence-corrected chi connectivity index (χ0v) is 47.5. The Morgan fingerprint density at radius 1 is 0.321 bits per heavy atom. The van der Waals surface area contributed by atoms with E-state index in [9.17, 15) is 0 Å². The van der Waals surface area contributed by atoms with E-state index >= 15 is 0 Å². The summed E-state index contributed by atoms with van der Waals surface area (Å²) in [6.07, 6.45) is 11.9. The maximum atomic E-state index is 4.25. The van der Waals surface area contributed by atoms with Gasteiger partial charge in [0.05, 0.1) is 11.4 Å². The largest absolute Gasteiger partial charge is 0.311 e. The van der Waals surface area contributed by atoms with Crippen molar-refractivity contribution < 1.29 is 0 Å². The van der Waals surface area contributed by atoms with E-state index in [1.54, 1.807) is 6.08 Å². The van der Waals surface area contributed by atoms with Crippen molar-refractivity contribution in [2.45, 2.75) is 13.8 Å². The van der Waals surface area contributed by atoms with Crippen LogP contribution in [0.4, 0.5) is 56.9 Å². The molecule has 12 aromatic rings. The number of nitrogens with zero attached hydrogens (tertiary/aromatic N) is 4. The van der Waals surface area contributed by atoms with Crippen molar-refractivity contribution in [3.63, 3.8) is 0 Å². The molecule has 0 aromatic heterocycles. The summed E-state index contributed by atoms with van der Waals surface area (Å²) in [7, 11) is 0. The average molecular weight is 1080 g/mol. The van der Waals surface area contributed by atoms with Crippen LogP contribution in [0.25, 0.3) is 54.2 Å². The smallest absolute Gasteiger partial charge is 0.0540 e. The first-order valence-electron chi connectivity index (χ1n) is 28.5. The van der Waals surface area contributed by atoms with Crippen LogP contribution in [0.3, 0.4) is 0 Å². The highest BCUT2D eigenvalue weighted by Crippen LogP contribution is 2.44. The van der Waals surface area contributed by atoms with E-state index in [2.05, 4.69) is 339 Å². The molecule has 0 aliphatic carbocycles. The number of hydrogen-bond acceptors (Lipinski definition) is 4. The summed E-state index contributed by atoms with van der Waals surface area (Å²) in [5, 5.41) is 9.41. The van der Waals surface area contributed by atoms with Crippen LogP contribution in [-0.2, 0) is 0 Å². The predicted octanol–water partition coefficient (Wildman–Crippen LogP) is 23.0. The summed E-state index contributed by atoms with van der Waals surface area (Å²) in [4.78, 5) is 9.28. The predicted molar refractivity (Wildman–Crippen MR) is 364 cm³/mol. The van der Waals surface area contributed by atoms with Crippen LogP contribution in [0.15, 0.2) is 352 Å². The van der Waals surface area contributed by atoms with Gasteiger partial charge in [-0.15, -0.1) is 0 Å². The van der Waals surface area contributed by atoms with Crippen LogP contribution < -0.4 is 19.6 Å². The van der Waals surface area contributed by atoms with Crippen LogP contribution in [-0.4, -0.2) is 0 Å². The van der Waals surface area contributed by atoms with Gasteiger partial charge < -0.3 is 19.6 Å². The SMILES string of the molecule is C=CC(=C)/C=C(\C=C)N(c1ccc(N(c2ccc(-c3ccc(N(c4ccc(N(C(/C=C(\C)C=C)=C/C)c5ccc6ccccc6c5)cc4)c4cccc5ccccc45)cc3)cc2)c2cccc3ccccc23)cc1)c1ccc2ccccc2c1. The minimum Gasteiger partial charge on any atom is -0.311 e. The topological polar surface area (TPSA) is 13.0 Å². The van der Waals surface area contributed by atoms with Gasteiger partial charge in [0.15, 0.2) is 0 Å². The molecule has 0 amide bonds. The monoisotopic (exact) mass is 1080 g/mol.